The molecule has 0 radical (unpaired) electrons. The molecule has 2 aliphatic heterocycles. The number of methoxy groups -OCH3 is 2. The number of rotatable bonds is 40. The van der Waals surface area contributed by atoms with Crippen LogP contribution in [0.2, 0.25) is 0 Å². The number of likely N-dealkylation sites (N-methyl/N-ethyl adjacent to an activating group) is 2. The standard InChI is InChI=1S/C67H104N11O17P/c1-14-43(8)59(50(92-12)38-55(82)77-36-22-26-49(77)60(93-13)44(9)61(83)73-52(95-96(90)91)37-45-23-17-15-18-24-45)75(10)65(87)57(41(4)5)74-64(86)58(42(6)7)76(11)67(89)94-39-46-28-30-47(31-29-46)70-62(84)48(25-21-34-69-66(68)88)71-63(85)56(40(2)3)72-51(79)27-19-16-20-35-78-53(80)32-33-54(78)81/h15,17-18,23-24,28-33,40-44,48-50,52,56-60,96H,14,16,19-22,25-27,34-39H2,1-13H3,(H,70,84)(H,71,85)(H,72,79)(H,73,83)(H,74,86)(H,90,91)(H3,68,69,88)/t43?,44-,48-,49-,50+,52?,56-,57-,58-,59-,60+/m0/s1. The van der Waals surface area contributed by atoms with Gasteiger partial charge in [0, 0.05) is 78.6 Å². The van der Waals surface area contributed by atoms with Gasteiger partial charge in [0.25, 0.3) is 11.8 Å². The average Bonchev–Trinajstić information content (AvgIpc) is 1.32. The lowest BCUT2D eigenvalue weighted by Crippen LogP contribution is -2.60. The maximum absolute atomic E-state index is 14.8. The Morgan fingerprint density at radius 1 is 0.729 bits per heavy atom. The summed E-state index contributed by atoms with van der Waals surface area (Å²) < 4.78 is 34.7. The van der Waals surface area contributed by atoms with Crippen molar-refractivity contribution < 1.29 is 80.9 Å². The number of carbonyl (C=O) groups excluding carboxylic acids is 11. The van der Waals surface area contributed by atoms with Crippen molar-refractivity contribution in [3.05, 3.63) is 77.9 Å². The van der Waals surface area contributed by atoms with Gasteiger partial charge in [0.2, 0.25) is 41.4 Å². The lowest BCUT2D eigenvalue weighted by molar-refractivity contribution is -0.148. The maximum atomic E-state index is 14.8. The first-order chi connectivity index (χ1) is 45.4. The van der Waals surface area contributed by atoms with Crippen LogP contribution in [0.15, 0.2) is 66.7 Å². The van der Waals surface area contributed by atoms with E-state index in [9.17, 15) is 62.2 Å². The van der Waals surface area contributed by atoms with Gasteiger partial charge in [-0.25, -0.2) is 9.59 Å². The van der Waals surface area contributed by atoms with Gasteiger partial charge >= 0.3 is 20.4 Å². The van der Waals surface area contributed by atoms with E-state index < -0.39 is 128 Å². The van der Waals surface area contributed by atoms with E-state index >= 15 is 0 Å². The number of benzene rings is 2. The van der Waals surface area contributed by atoms with Crippen LogP contribution in [-0.2, 0) is 79.5 Å². The van der Waals surface area contributed by atoms with Gasteiger partial charge in [0.15, 0.2) is 0 Å². The highest BCUT2D eigenvalue weighted by molar-refractivity contribution is 7.32. The Morgan fingerprint density at radius 3 is 1.95 bits per heavy atom. The molecule has 2 heterocycles. The van der Waals surface area contributed by atoms with Gasteiger partial charge in [0.1, 0.15) is 37.0 Å². The number of nitrogens with one attached hydrogen (secondary N) is 6. The van der Waals surface area contributed by atoms with Crippen LogP contribution in [0.4, 0.5) is 15.3 Å². The highest BCUT2D eigenvalue weighted by Gasteiger charge is 2.44. The molecule has 0 aliphatic carbocycles. The number of nitrogens with two attached hydrogens (primary N) is 1. The van der Waals surface area contributed by atoms with Crippen molar-refractivity contribution in [1.82, 2.24) is 46.2 Å². The maximum Gasteiger partial charge on any atom is 0.410 e. The SMILES string of the molecule is CCC(C)[C@@H]([C@@H](CC(=O)N1CCC[C@H]1[C@H](OC)[C@H](C)C(=O)NC(Cc1ccccc1)O[PH](=O)O)OC)N(C)C(=O)[C@@H](NC(=O)[C@H](C(C)C)N(C)C(=O)OCc1ccc(NC(=O)[C@H](CCCNC(N)=O)NC(=O)[C@@H](NC(=O)CCCCCN2C(=O)C=CC2=O)C(C)C)cc1)C(C)C. The molecule has 0 spiro atoms. The summed E-state index contributed by atoms with van der Waals surface area (Å²) in [6, 6.07) is 9.13. The molecule has 2 aromatic carbocycles. The first-order valence-electron chi connectivity index (χ1n) is 33.1. The molecule has 4 rings (SSSR count). The Hall–Kier alpha value is -7.78. The number of amides is 12. The number of carbonyl (C=O) groups is 11. The number of urea groups is 1. The quantitative estimate of drug-likeness (QED) is 0.0190. The molecular weight excluding hydrogens is 1260 g/mol. The topological polar surface area (TPSA) is 373 Å². The van der Waals surface area contributed by atoms with Crippen LogP contribution in [0.1, 0.15) is 138 Å². The van der Waals surface area contributed by atoms with Gasteiger partial charge in [-0.1, -0.05) is 118 Å². The molecule has 1 fully saturated rings. The Balaban J connectivity index is 1.38. The first-order valence-corrected chi connectivity index (χ1v) is 34.3. The van der Waals surface area contributed by atoms with E-state index in [0.29, 0.717) is 56.3 Å². The van der Waals surface area contributed by atoms with Crippen molar-refractivity contribution in [3.63, 3.8) is 0 Å². The van der Waals surface area contributed by atoms with E-state index in [4.69, 9.17) is 24.5 Å². The third-order valence-corrected chi connectivity index (χ3v) is 18.0. The summed E-state index contributed by atoms with van der Waals surface area (Å²) in [7, 11) is 2.54. The molecule has 2 aliphatic rings. The van der Waals surface area contributed by atoms with Gasteiger partial charge in [-0.15, -0.1) is 0 Å². The molecule has 12 atom stereocenters. The molecule has 0 aromatic heterocycles. The molecular formula is C67H104N11O17P. The van der Waals surface area contributed by atoms with Crippen molar-refractivity contribution in [3.8, 4) is 0 Å². The van der Waals surface area contributed by atoms with E-state index in [-0.39, 0.29) is 81.4 Å². The fourth-order valence-electron chi connectivity index (χ4n) is 12.1. The zero-order valence-electron chi connectivity index (χ0n) is 57.9. The summed E-state index contributed by atoms with van der Waals surface area (Å²) in [5, 5.41) is 16.4. The summed E-state index contributed by atoms with van der Waals surface area (Å²) in [6.45, 7) is 16.6. The van der Waals surface area contributed by atoms with Gasteiger partial charge in [-0.3, -0.25) is 62.0 Å². The third kappa shape index (κ3) is 24.7. The number of anilines is 1. The van der Waals surface area contributed by atoms with Crippen LogP contribution in [0.5, 0.6) is 0 Å². The van der Waals surface area contributed by atoms with E-state index in [1.807, 2.05) is 19.9 Å². The normalized spacial score (nSPS) is 17.3. The van der Waals surface area contributed by atoms with Crippen molar-refractivity contribution in [1.29, 1.82) is 0 Å². The Morgan fingerprint density at radius 2 is 1.38 bits per heavy atom. The molecule has 9 N–H and O–H groups in total. The molecule has 1 saturated heterocycles. The highest BCUT2D eigenvalue weighted by atomic mass is 31.1. The van der Waals surface area contributed by atoms with E-state index in [1.165, 1.54) is 38.3 Å². The van der Waals surface area contributed by atoms with Crippen molar-refractivity contribution in [2.75, 3.05) is 53.3 Å². The monoisotopic (exact) mass is 1370 g/mol. The van der Waals surface area contributed by atoms with Crippen LogP contribution in [0.25, 0.3) is 0 Å². The summed E-state index contributed by atoms with van der Waals surface area (Å²) in [5.74, 6) is -6.51. The molecule has 0 saturated carbocycles. The van der Waals surface area contributed by atoms with E-state index in [1.54, 1.807) is 109 Å². The van der Waals surface area contributed by atoms with Gasteiger partial charge in [-0.05, 0) is 85.5 Å². The minimum atomic E-state index is -3.43. The minimum Gasteiger partial charge on any atom is -0.445 e. The van der Waals surface area contributed by atoms with Crippen molar-refractivity contribution >= 4 is 79.2 Å². The number of primary amides is 1. The predicted octanol–water partition coefficient (Wildman–Crippen LogP) is 4.92. The van der Waals surface area contributed by atoms with Crippen LogP contribution in [-0.4, -0.2) is 192 Å². The second kappa shape index (κ2) is 40.1. The number of nitrogens with zero attached hydrogens (tertiary/aromatic N) is 4. The summed E-state index contributed by atoms with van der Waals surface area (Å²) in [4.78, 5) is 162. The summed E-state index contributed by atoms with van der Waals surface area (Å²) >= 11 is 0. The van der Waals surface area contributed by atoms with E-state index in [0.717, 1.165) is 15.4 Å². The number of ether oxygens (including phenoxy) is 3. The molecule has 12 amide bonds. The fraction of sp³-hybridized carbons (Fsp3) is 0.627. The number of unbranched alkanes of at least 4 members (excludes halogenated alkanes) is 2. The highest BCUT2D eigenvalue weighted by Crippen LogP contribution is 2.31. The summed E-state index contributed by atoms with van der Waals surface area (Å²) in [6.07, 6.45) is 2.53. The number of hydrogen-bond donors (Lipinski definition) is 8. The van der Waals surface area contributed by atoms with Crippen LogP contribution < -0.4 is 37.6 Å². The van der Waals surface area contributed by atoms with Crippen LogP contribution >= 0.6 is 8.25 Å². The predicted molar refractivity (Wildman–Crippen MR) is 359 cm³/mol. The van der Waals surface area contributed by atoms with Crippen molar-refractivity contribution in [2.24, 2.45) is 35.3 Å². The minimum absolute atomic E-state index is 0.0777. The molecule has 28 nitrogen and oxygen atoms in total. The van der Waals surface area contributed by atoms with Gasteiger partial charge < -0.3 is 66.5 Å². The Kier molecular flexibility index (Phi) is 33.7. The second-order valence-electron chi connectivity index (χ2n) is 25.7. The molecule has 3 unspecified atom stereocenters. The lowest BCUT2D eigenvalue weighted by atomic mass is 9.89. The Bertz CT molecular complexity index is 2970. The first kappa shape index (κ1) is 80.7. The molecule has 534 valence electrons. The lowest BCUT2D eigenvalue weighted by Gasteiger charge is -2.41. The number of hydrogen-bond acceptors (Lipinski definition) is 16. The summed E-state index contributed by atoms with van der Waals surface area (Å²) in [5.41, 5.74) is 6.86. The molecule has 29 heteroatoms. The van der Waals surface area contributed by atoms with Crippen LogP contribution in [0.3, 0.4) is 0 Å². The number of imide groups is 1. The van der Waals surface area contributed by atoms with Gasteiger partial charge in [-0.2, -0.15) is 0 Å². The zero-order chi connectivity index (χ0) is 71.5. The Labute approximate surface area is 564 Å². The zero-order valence-corrected chi connectivity index (χ0v) is 58.9. The third-order valence-electron chi connectivity index (χ3n) is 17.5. The van der Waals surface area contributed by atoms with E-state index in [2.05, 4.69) is 31.9 Å². The average molecular weight is 1370 g/mol. The second-order valence-corrected chi connectivity index (χ2v) is 26.5. The molecule has 0 bridgehead atoms. The molecule has 96 heavy (non-hydrogen) atoms. The molecule has 2 aromatic rings. The smallest absolute Gasteiger partial charge is 0.410 e. The van der Waals surface area contributed by atoms with Crippen LogP contribution in [0, 0.1) is 29.6 Å². The number of likely N-dealkylation sites (tertiary alicyclic amines) is 1. The van der Waals surface area contributed by atoms with Gasteiger partial charge in [0.05, 0.1) is 36.6 Å². The largest absolute Gasteiger partial charge is 0.445 e. The fourth-order valence-corrected chi connectivity index (χ4v) is 12.4. The van der Waals surface area contributed by atoms with Crippen molar-refractivity contribution in [2.45, 2.75) is 194 Å².